The fourth-order valence-electron chi connectivity index (χ4n) is 3.34. The standard InChI is InChI=1S/C26H28Br2ClN/c1-25(2,3)17-7-11-19(12-8-17)30(21-15-22(27)24(29)23(28)16-21)20-13-9-18(10-14-20)26(4,5)6/h7-16H,1-6H3. The highest BCUT2D eigenvalue weighted by Gasteiger charge is 2.19. The van der Waals surface area contributed by atoms with Gasteiger partial charge in [0.1, 0.15) is 0 Å². The summed E-state index contributed by atoms with van der Waals surface area (Å²) in [4.78, 5) is 2.25. The number of hydrogen-bond acceptors (Lipinski definition) is 1. The molecule has 0 saturated carbocycles. The predicted octanol–water partition coefficient (Wildman–Crippen LogP) is 9.93. The third-order valence-electron chi connectivity index (χ3n) is 5.21. The monoisotopic (exact) mass is 547 g/mol. The molecule has 1 nitrogen and oxygen atoms in total. The Morgan fingerprint density at radius 1 is 0.600 bits per heavy atom. The molecule has 0 bridgehead atoms. The van der Waals surface area contributed by atoms with Crippen LogP contribution < -0.4 is 4.90 Å². The second-order valence-corrected chi connectivity index (χ2v) is 11.7. The summed E-state index contributed by atoms with van der Waals surface area (Å²) in [5.74, 6) is 0. The van der Waals surface area contributed by atoms with Gasteiger partial charge in [-0.15, -0.1) is 0 Å². The zero-order valence-electron chi connectivity index (χ0n) is 18.4. The van der Waals surface area contributed by atoms with Gasteiger partial charge < -0.3 is 4.90 Å². The highest BCUT2D eigenvalue weighted by molar-refractivity contribution is 9.11. The third-order valence-corrected chi connectivity index (χ3v) is 7.32. The molecule has 0 aliphatic carbocycles. The molecule has 158 valence electrons. The molecule has 0 aromatic heterocycles. The second-order valence-electron chi connectivity index (χ2n) is 9.65. The highest BCUT2D eigenvalue weighted by Crippen LogP contribution is 2.41. The summed E-state index contributed by atoms with van der Waals surface area (Å²) in [5.41, 5.74) is 6.10. The first-order valence-electron chi connectivity index (χ1n) is 10.0. The van der Waals surface area contributed by atoms with Crippen LogP contribution in [0.2, 0.25) is 5.02 Å². The van der Waals surface area contributed by atoms with Crippen LogP contribution in [0.4, 0.5) is 17.1 Å². The summed E-state index contributed by atoms with van der Waals surface area (Å²) in [6, 6.07) is 21.7. The van der Waals surface area contributed by atoms with E-state index in [2.05, 4.69) is 139 Å². The molecule has 0 amide bonds. The lowest BCUT2D eigenvalue weighted by Crippen LogP contribution is -2.14. The van der Waals surface area contributed by atoms with Crippen molar-refractivity contribution in [2.45, 2.75) is 52.4 Å². The maximum atomic E-state index is 6.38. The minimum absolute atomic E-state index is 0.115. The van der Waals surface area contributed by atoms with E-state index < -0.39 is 0 Å². The predicted molar refractivity (Wildman–Crippen MR) is 139 cm³/mol. The average Bonchev–Trinajstić information content (AvgIpc) is 2.66. The first-order valence-corrected chi connectivity index (χ1v) is 12.0. The summed E-state index contributed by atoms with van der Waals surface area (Å²) in [5, 5.41) is 0.671. The lowest BCUT2D eigenvalue weighted by atomic mass is 9.86. The van der Waals surface area contributed by atoms with Crippen LogP contribution in [0.5, 0.6) is 0 Å². The van der Waals surface area contributed by atoms with Gasteiger partial charge in [0, 0.05) is 26.0 Å². The largest absolute Gasteiger partial charge is 0.310 e. The molecule has 30 heavy (non-hydrogen) atoms. The Morgan fingerprint density at radius 3 is 1.23 bits per heavy atom. The molecule has 3 aromatic rings. The van der Waals surface area contributed by atoms with Gasteiger partial charge in [-0.1, -0.05) is 77.4 Å². The van der Waals surface area contributed by atoms with E-state index in [0.717, 1.165) is 26.0 Å². The van der Waals surface area contributed by atoms with Crippen molar-refractivity contribution >= 4 is 60.5 Å². The summed E-state index contributed by atoms with van der Waals surface area (Å²) in [7, 11) is 0. The van der Waals surface area contributed by atoms with Gasteiger partial charge in [0.2, 0.25) is 0 Å². The minimum atomic E-state index is 0.115. The number of nitrogens with zero attached hydrogens (tertiary/aromatic N) is 1. The summed E-state index contributed by atoms with van der Waals surface area (Å²) < 4.78 is 1.72. The molecule has 0 unspecified atom stereocenters. The van der Waals surface area contributed by atoms with Gasteiger partial charge in [-0.3, -0.25) is 0 Å². The fourth-order valence-corrected chi connectivity index (χ4v) is 4.61. The Morgan fingerprint density at radius 2 is 0.933 bits per heavy atom. The maximum Gasteiger partial charge on any atom is 0.0691 e. The van der Waals surface area contributed by atoms with Gasteiger partial charge in [-0.25, -0.2) is 0 Å². The molecular formula is C26H28Br2ClN. The van der Waals surface area contributed by atoms with Crippen molar-refractivity contribution in [3.05, 3.63) is 85.8 Å². The van der Waals surface area contributed by atoms with E-state index >= 15 is 0 Å². The fraction of sp³-hybridized carbons (Fsp3) is 0.308. The van der Waals surface area contributed by atoms with E-state index in [1.165, 1.54) is 11.1 Å². The highest BCUT2D eigenvalue weighted by atomic mass is 79.9. The molecular weight excluding hydrogens is 522 g/mol. The van der Waals surface area contributed by atoms with Crippen LogP contribution in [-0.4, -0.2) is 0 Å². The summed E-state index contributed by atoms with van der Waals surface area (Å²) in [6.45, 7) is 13.4. The van der Waals surface area contributed by atoms with Gasteiger partial charge in [-0.05, 0) is 90.2 Å². The molecule has 0 aliphatic heterocycles. The Kier molecular flexibility index (Phi) is 6.77. The molecule has 3 rings (SSSR count). The van der Waals surface area contributed by atoms with Crippen molar-refractivity contribution in [1.82, 2.24) is 0 Å². The first-order chi connectivity index (χ1) is 13.9. The van der Waals surface area contributed by atoms with E-state index in [1.807, 2.05) is 0 Å². The van der Waals surface area contributed by atoms with Crippen LogP contribution in [0.1, 0.15) is 52.7 Å². The van der Waals surface area contributed by atoms with Crippen molar-refractivity contribution in [1.29, 1.82) is 0 Å². The average molecular weight is 550 g/mol. The normalized spacial score (nSPS) is 12.2. The molecule has 0 aliphatic rings. The van der Waals surface area contributed by atoms with Crippen LogP contribution >= 0.6 is 43.5 Å². The number of benzene rings is 3. The lowest BCUT2D eigenvalue weighted by molar-refractivity contribution is 0.590. The van der Waals surface area contributed by atoms with E-state index in [1.54, 1.807) is 0 Å². The summed E-state index contributed by atoms with van der Waals surface area (Å²) >= 11 is 13.6. The zero-order chi connectivity index (χ0) is 22.3. The van der Waals surface area contributed by atoms with E-state index in [0.29, 0.717) is 5.02 Å². The van der Waals surface area contributed by atoms with Gasteiger partial charge >= 0.3 is 0 Å². The minimum Gasteiger partial charge on any atom is -0.310 e. The molecule has 0 heterocycles. The van der Waals surface area contributed by atoms with Crippen LogP contribution in [0, 0.1) is 0 Å². The maximum absolute atomic E-state index is 6.38. The topological polar surface area (TPSA) is 3.24 Å². The summed E-state index contributed by atoms with van der Waals surface area (Å²) in [6.07, 6.45) is 0. The Labute approximate surface area is 202 Å². The van der Waals surface area contributed by atoms with Gasteiger partial charge in [0.25, 0.3) is 0 Å². The second kappa shape index (κ2) is 8.68. The third kappa shape index (κ3) is 5.12. The number of hydrogen-bond donors (Lipinski definition) is 0. The first kappa shape index (κ1) is 23.4. The quantitative estimate of drug-likeness (QED) is 0.294. The van der Waals surface area contributed by atoms with Crippen molar-refractivity contribution in [3.8, 4) is 0 Å². The molecule has 0 N–H and O–H groups in total. The van der Waals surface area contributed by atoms with Crippen molar-refractivity contribution in [2.75, 3.05) is 4.90 Å². The number of rotatable bonds is 3. The van der Waals surface area contributed by atoms with E-state index in [9.17, 15) is 0 Å². The zero-order valence-corrected chi connectivity index (χ0v) is 22.3. The van der Waals surface area contributed by atoms with Crippen molar-refractivity contribution < 1.29 is 0 Å². The molecule has 0 radical (unpaired) electrons. The van der Waals surface area contributed by atoms with Gasteiger partial charge in [0.05, 0.1) is 5.02 Å². The van der Waals surface area contributed by atoms with Crippen LogP contribution in [0.25, 0.3) is 0 Å². The molecule has 4 heteroatoms. The van der Waals surface area contributed by atoms with Crippen LogP contribution in [-0.2, 0) is 10.8 Å². The van der Waals surface area contributed by atoms with E-state index in [4.69, 9.17) is 11.6 Å². The molecule has 0 fully saturated rings. The number of halogens is 3. The Balaban J connectivity index is 2.14. The lowest BCUT2D eigenvalue weighted by Gasteiger charge is -2.28. The van der Waals surface area contributed by atoms with Crippen molar-refractivity contribution in [3.63, 3.8) is 0 Å². The molecule has 0 spiro atoms. The molecule has 0 atom stereocenters. The van der Waals surface area contributed by atoms with Crippen LogP contribution in [0.15, 0.2) is 69.6 Å². The Bertz CT molecular complexity index is 946. The van der Waals surface area contributed by atoms with Crippen molar-refractivity contribution in [2.24, 2.45) is 0 Å². The van der Waals surface area contributed by atoms with E-state index in [-0.39, 0.29) is 10.8 Å². The SMILES string of the molecule is CC(C)(C)c1ccc(N(c2ccc(C(C)(C)C)cc2)c2cc(Br)c(Cl)c(Br)c2)cc1. The molecule has 0 saturated heterocycles. The molecule has 3 aromatic carbocycles. The Hall–Kier alpha value is -1.29. The smallest absolute Gasteiger partial charge is 0.0691 e. The van der Waals surface area contributed by atoms with Gasteiger partial charge in [0.15, 0.2) is 0 Å². The number of anilines is 3. The van der Waals surface area contributed by atoms with Gasteiger partial charge in [-0.2, -0.15) is 0 Å². The van der Waals surface area contributed by atoms with Crippen LogP contribution in [0.3, 0.4) is 0 Å².